The lowest BCUT2D eigenvalue weighted by atomic mass is 9.98. The standard InChI is InChI=1S/C28H24N2O5/c1-18-17-34-27-22(29-25(31)21-15-9-4-10-16-21)26(32)30(27)23(18)28(33)35-24(19-11-5-2-6-12-19)20-13-7-3-8-14-20/h2-16,22,24,27H,17H2,1H3,(H,29,31). The maximum absolute atomic E-state index is 13.4. The lowest BCUT2D eigenvalue weighted by molar-refractivity contribution is -0.184. The molecule has 2 aliphatic rings. The Labute approximate surface area is 203 Å². The quantitative estimate of drug-likeness (QED) is 0.442. The number of hydrogen-bond donors (Lipinski definition) is 1. The van der Waals surface area contributed by atoms with Gasteiger partial charge in [-0.15, -0.1) is 0 Å². The van der Waals surface area contributed by atoms with Gasteiger partial charge in [-0.2, -0.15) is 0 Å². The van der Waals surface area contributed by atoms with Crippen molar-refractivity contribution in [1.82, 2.24) is 10.2 Å². The number of nitrogens with zero attached hydrogens (tertiary/aromatic N) is 1. The molecule has 7 nitrogen and oxygen atoms in total. The van der Waals surface area contributed by atoms with Crippen LogP contribution in [0.15, 0.2) is 102 Å². The fourth-order valence-electron chi connectivity index (χ4n) is 4.32. The highest BCUT2D eigenvalue weighted by molar-refractivity contribution is 6.04. The lowest BCUT2D eigenvalue weighted by Gasteiger charge is -2.49. The number of carbonyl (C=O) groups excluding carboxylic acids is 3. The van der Waals surface area contributed by atoms with Crippen molar-refractivity contribution in [1.29, 1.82) is 0 Å². The van der Waals surface area contributed by atoms with Crippen molar-refractivity contribution in [2.75, 3.05) is 6.61 Å². The van der Waals surface area contributed by atoms with E-state index < -0.39 is 30.3 Å². The molecule has 2 unspecified atom stereocenters. The molecular formula is C28H24N2O5. The molecule has 0 radical (unpaired) electrons. The average Bonchev–Trinajstić information content (AvgIpc) is 2.91. The number of carbonyl (C=O) groups is 3. The first-order chi connectivity index (χ1) is 17.0. The van der Waals surface area contributed by atoms with Crippen molar-refractivity contribution >= 4 is 17.8 Å². The normalized spacial score (nSPS) is 19.1. The maximum atomic E-state index is 13.4. The summed E-state index contributed by atoms with van der Waals surface area (Å²) < 4.78 is 11.8. The third kappa shape index (κ3) is 4.34. The Morgan fingerprint density at radius 2 is 1.46 bits per heavy atom. The fraction of sp³-hybridized carbons (Fsp3) is 0.179. The summed E-state index contributed by atoms with van der Waals surface area (Å²) >= 11 is 0. The Hall–Kier alpha value is -4.23. The van der Waals surface area contributed by atoms with Crippen molar-refractivity contribution < 1.29 is 23.9 Å². The van der Waals surface area contributed by atoms with Gasteiger partial charge in [0.25, 0.3) is 11.8 Å². The van der Waals surface area contributed by atoms with Gasteiger partial charge in [0, 0.05) is 5.56 Å². The maximum Gasteiger partial charge on any atom is 0.356 e. The summed E-state index contributed by atoms with van der Waals surface area (Å²) in [5, 5.41) is 2.72. The molecule has 0 spiro atoms. The second-order valence-corrected chi connectivity index (χ2v) is 8.46. The molecule has 2 aliphatic heterocycles. The molecular weight excluding hydrogens is 444 g/mol. The van der Waals surface area contributed by atoms with Gasteiger partial charge in [-0.25, -0.2) is 4.79 Å². The minimum atomic E-state index is -0.877. The molecule has 1 N–H and O–H groups in total. The van der Waals surface area contributed by atoms with Gasteiger partial charge in [-0.05, 0) is 35.8 Å². The van der Waals surface area contributed by atoms with E-state index >= 15 is 0 Å². The van der Waals surface area contributed by atoms with E-state index in [2.05, 4.69) is 5.32 Å². The number of esters is 1. The summed E-state index contributed by atoms with van der Waals surface area (Å²) in [6.45, 7) is 1.88. The summed E-state index contributed by atoms with van der Waals surface area (Å²) in [5.74, 6) is -1.41. The van der Waals surface area contributed by atoms with E-state index in [9.17, 15) is 14.4 Å². The molecule has 1 fully saturated rings. The number of hydrogen-bond acceptors (Lipinski definition) is 5. The Kier molecular flexibility index (Phi) is 6.16. The van der Waals surface area contributed by atoms with Crippen LogP contribution < -0.4 is 5.32 Å². The minimum Gasteiger partial charge on any atom is -0.448 e. The average molecular weight is 469 g/mol. The van der Waals surface area contributed by atoms with Crippen LogP contribution in [0.25, 0.3) is 0 Å². The number of nitrogens with one attached hydrogen (secondary N) is 1. The molecule has 0 saturated carbocycles. The van der Waals surface area contributed by atoms with Crippen molar-refractivity contribution in [3.05, 3.63) is 119 Å². The van der Waals surface area contributed by atoms with Crippen LogP contribution in [0.4, 0.5) is 0 Å². The van der Waals surface area contributed by atoms with Crippen LogP contribution in [0.3, 0.4) is 0 Å². The molecule has 3 aromatic rings. The Morgan fingerprint density at radius 3 is 2.03 bits per heavy atom. The summed E-state index contributed by atoms with van der Waals surface area (Å²) in [5.41, 5.74) is 2.82. The van der Waals surface area contributed by atoms with Crippen LogP contribution in [-0.4, -0.2) is 41.6 Å². The molecule has 35 heavy (non-hydrogen) atoms. The molecule has 2 atom stereocenters. The lowest BCUT2D eigenvalue weighted by Crippen LogP contribution is -2.72. The van der Waals surface area contributed by atoms with Crippen LogP contribution in [0, 0.1) is 0 Å². The molecule has 176 valence electrons. The first-order valence-electron chi connectivity index (χ1n) is 11.4. The van der Waals surface area contributed by atoms with Gasteiger partial charge >= 0.3 is 5.97 Å². The van der Waals surface area contributed by atoms with Crippen molar-refractivity contribution in [3.63, 3.8) is 0 Å². The van der Waals surface area contributed by atoms with Gasteiger partial charge in [0.15, 0.2) is 18.4 Å². The van der Waals surface area contributed by atoms with Gasteiger partial charge in [-0.1, -0.05) is 78.9 Å². The molecule has 0 aromatic heterocycles. The van der Waals surface area contributed by atoms with Crippen LogP contribution >= 0.6 is 0 Å². The van der Waals surface area contributed by atoms with Crippen LogP contribution in [0.1, 0.15) is 34.5 Å². The highest BCUT2D eigenvalue weighted by Crippen LogP contribution is 2.35. The second kappa shape index (κ2) is 9.56. The highest BCUT2D eigenvalue weighted by Gasteiger charge is 2.55. The Balaban J connectivity index is 1.36. The predicted molar refractivity (Wildman–Crippen MR) is 128 cm³/mol. The van der Waals surface area contributed by atoms with E-state index in [4.69, 9.17) is 9.47 Å². The SMILES string of the molecule is CC1=C(C(=O)OC(c2ccccc2)c2ccccc2)N2C(=O)C(NC(=O)c3ccccc3)C2OC1. The molecule has 0 bridgehead atoms. The van der Waals surface area contributed by atoms with E-state index in [0.29, 0.717) is 11.1 Å². The molecule has 3 aromatic carbocycles. The summed E-state index contributed by atoms with van der Waals surface area (Å²) in [6, 6.07) is 26.6. The van der Waals surface area contributed by atoms with Gasteiger partial charge in [0.1, 0.15) is 5.70 Å². The number of benzene rings is 3. The molecule has 2 heterocycles. The topological polar surface area (TPSA) is 84.9 Å². The fourth-order valence-corrected chi connectivity index (χ4v) is 4.32. The largest absolute Gasteiger partial charge is 0.448 e. The van der Waals surface area contributed by atoms with E-state index in [1.54, 1.807) is 37.3 Å². The highest BCUT2D eigenvalue weighted by atomic mass is 16.6. The monoisotopic (exact) mass is 468 g/mol. The Bertz CT molecular complexity index is 1230. The third-order valence-corrected chi connectivity index (χ3v) is 6.10. The van der Waals surface area contributed by atoms with E-state index in [1.165, 1.54) is 4.90 Å². The van der Waals surface area contributed by atoms with Crippen molar-refractivity contribution in [2.45, 2.75) is 25.3 Å². The van der Waals surface area contributed by atoms with Gasteiger partial charge in [0.2, 0.25) is 0 Å². The van der Waals surface area contributed by atoms with Crippen molar-refractivity contribution in [3.8, 4) is 0 Å². The number of fused-ring (bicyclic) bond motifs is 1. The molecule has 0 aliphatic carbocycles. The summed E-state index contributed by atoms with van der Waals surface area (Å²) in [6.07, 6.45) is -1.41. The minimum absolute atomic E-state index is 0.151. The second-order valence-electron chi connectivity index (χ2n) is 8.46. The summed E-state index contributed by atoms with van der Waals surface area (Å²) in [7, 11) is 0. The summed E-state index contributed by atoms with van der Waals surface area (Å²) in [4.78, 5) is 40.3. The molecule has 2 amide bonds. The van der Waals surface area contributed by atoms with E-state index in [1.807, 2.05) is 60.7 Å². The first kappa shape index (κ1) is 22.6. The van der Waals surface area contributed by atoms with Crippen LogP contribution in [0.5, 0.6) is 0 Å². The zero-order valence-electron chi connectivity index (χ0n) is 19.1. The van der Waals surface area contributed by atoms with E-state index in [0.717, 1.165) is 11.1 Å². The zero-order chi connectivity index (χ0) is 24.4. The third-order valence-electron chi connectivity index (χ3n) is 6.10. The predicted octanol–water partition coefficient (Wildman–Crippen LogP) is 3.59. The number of amides is 2. The zero-order valence-corrected chi connectivity index (χ0v) is 19.1. The molecule has 7 heteroatoms. The Morgan fingerprint density at radius 1 is 0.914 bits per heavy atom. The van der Waals surface area contributed by atoms with E-state index in [-0.39, 0.29) is 18.2 Å². The molecule has 5 rings (SSSR count). The smallest absolute Gasteiger partial charge is 0.356 e. The number of rotatable bonds is 6. The number of β-lactam (4-membered cyclic amide) rings is 1. The van der Waals surface area contributed by atoms with Gasteiger partial charge in [0.05, 0.1) is 6.61 Å². The molecule has 1 saturated heterocycles. The van der Waals surface area contributed by atoms with Crippen LogP contribution in [0.2, 0.25) is 0 Å². The van der Waals surface area contributed by atoms with Gasteiger partial charge in [-0.3, -0.25) is 14.5 Å². The first-order valence-corrected chi connectivity index (χ1v) is 11.4. The van der Waals surface area contributed by atoms with Gasteiger partial charge < -0.3 is 14.8 Å². The number of ether oxygens (including phenoxy) is 2. The van der Waals surface area contributed by atoms with Crippen LogP contribution in [-0.2, 0) is 19.1 Å². The van der Waals surface area contributed by atoms with Crippen molar-refractivity contribution in [2.24, 2.45) is 0 Å².